The van der Waals surface area contributed by atoms with Gasteiger partial charge in [-0.25, -0.2) is 14.8 Å². The van der Waals surface area contributed by atoms with Crippen molar-refractivity contribution in [3.8, 4) is 11.4 Å². The van der Waals surface area contributed by atoms with Crippen molar-refractivity contribution < 1.29 is 9.90 Å². The molecule has 2 aromatic heterocycles. The molecule has 3 rings (SSSR count). The molecule has 0 radical (unpaired) electrons. The monoisotopic (exact) mass is 268 g/mol. The lowest BCUT2D eigenvalue weighted by Gasteiger charge is -2.04. The van der Waals surface area contributed by atoms with Crippen LogP contribution in [0.2, 0.25) is 0 Å². The quantitative estimate of drug-likeness (QED) is 0.661. The van der Waals surface area contributed by atoms with E-state index in [1.165, 1.54) is 6.20 Å². The van der Waals surface area contributed by atoms with Gasteiger partial charge in [0.05, 0.1) is 0 Å². The molecule has 0 saturated heterocycles. The minimum atomic E-state index is -1.13. The Morgan fingerprint density at radius 3 is 2.80 bits per heavy atom. The lowest BCUT2D eigenvalue weighted by Crippen LogP contribution is -2.06. The first-order chi connectivity index (χ1) is 9.58. The molecule has 100 valence electrons. The predicted molar refractivity (Wildman–Crippen MR) is 75.4 cm³/mol. The highest BCUT2D eigenvalue weighted by Crippen LogP contribution is 2.30. The van der Waals surface area contributed by atoms with Gasteiger partial charge >= 0.3 is 5.97 Å². The summed E-state index contributed by atoms with van der Waals surface area (Å²) in [4.78, 5) is 22.4. The molecule has 3 aromatic rings. The molecule has 1 aromatic carbocycles. The number of carbonyl (C=O) groups is 1. The fourth-order valence-corrected chi connectivity index (χ4v) is 2.25. The molecular formula is C14H12N4O2. The van der Waals surface area contributed by atoms with Gasteiger partial charge in [-0.15, -0.1) is 0 Å². The number of fused-ring (bicyclic) bond motifs is 1. The number of nitrogens with zero attached hydrogens (tertiary/aromatic N) is 2. The number of aromatic nitrogens is 3. The number of nitrogens with two attached hydrogens (primary N) is 1. The number of aromatic carboxylic acids is 1. The predicted octanol–water partition coefficient (Wildman–Crippen LogP) is 2.21. The number of rotatable bonds is 2. The van der Waals surface area contributed by atoms with Gasteiger partial charge in [0, 0.05) is 28.4 Å². The van der Waals surface area contributed by atoms with E-state index in [0.717, 1.165) is 22.2 Å². The van der Waals surface area contributed by atoms with Crippen molar-refractivity contribution >= 4 is 22.7 Å². The molecule has 6 nitrogen and oxygen atoms in total. The van der Waals surface area contributed by atoms with Gasteiger partial charge in [-0.2, -0.15) is 0 Å². The highest BCUT2D eigenvalue weighted by atomic mass is 16.4. The number of carboxylic acid groups (broad SMARTS) is 1. The van der Waals surface area contributed by atoms with Crippen molar-refractivity contribution in [1.82, 2.24) is 15.0 Å². The van der Waals surface area contributed by atoms with Crippen LogP contribution in [0.3, 0.4) is 0 Å². The van der Waals surface area contributed by atoms with Crippen molar-refractivity contribution in [2.75, 3.05) is 5.73 Å². The van der Waals surface area contributed by atoms with Crippen molar-refractivity contribution in [2.45, 2.75) is 6.92 Å². The Morgan fingerprint density at radius 1 is 1.35 bits per heavy atom. The average molecular weight is 268 g/mol. The molecule has 0 aliphatic heterocycles. The maximum Gasteiger partial charge on any atom is 0.341 e. The van der Waals surface area contributed by atoms with Crippen LogP contribution in [0.15, 0.2) is 30.5 Å². The SMILES string of the molecule is Cc1[nH]c2ccccc2c1-c1ncc(C(=O)O)c(N)n1. The summed E-state index contributed by atoms with van der Waals surface area (Å²) in [5.41, 5.74) is 8.31. The Kier molecular flexibility index (Phi) is 2.64. The first-order valence-electron chi connectivity index (χ1n) is 6.01. The number of para-hydroxylation sites is 1. The molecule has 0 saturated carbocycles. The third kappa shape index (κ3) is 1.78. The van der Waals surface area contributed by atoms with Crippen LogP contribution >= 0.6 is 0 Å². The van der Waals surface area contributed by atoms with Crippen molar-refractivity contribution in [2.24, 2.45) is 0 Å². The molecule has 0 unspecified atom stereocenters. The van der Waals surface area contributed by atoms with Gasteiger partial charge in [0.2, 0.25) is 0 Å². The molecular weight excluding hydrogens is 256 g/mol. The second kappa shape index (κ2) is 4.34. The van der Waals surface area contributed by atoms with E-state index in [9.17, 15) is 4.79 Å². The summed E-state index contributed by atoms with van der Waals surface area (Å²) in [6.07, 6.45) is 1.24. The lowest BCUT2D eigenvalue weighted by molar-refractivity contribution is 0.0697. The van der Waals surface area contributed by atoms with Crippen LogP contribution < -0.4 is 5.73 Å². The number of hydrogen-bond donors (Lipinski definition) is 3. The number of aryl methyl sites for hydroxylation is 1. The van der Waals surface area contributed by atoms with Gasteiger partial charge in [-0.1, -0.05) is 18.2 Å². The second-order valence-corrected chi connectivity index (χ2v) is 4.47. The van der Waals surface area contributed by atoms with Gasteiger partial charge in [0.15, 0.2) is 5.82 Å². The van der Waals surface area contributed by atoms with Crippen LogP contribution in [0.4, 0.5) is 5.82 Å². The maximum atomic E-state index is 10.9. The fourth-order valence-electron chi connectivity index (χ4n) is 2.25. The highest BCUT2D eigenvalue weighted by molar-refractivity contribution is 5.97. The minimum absolute atomic E-state index is 0.0350. The number of H-pyrrole nitrogens is 1. The smallest absolute Gasteiger partial charge is 0.341 e. The number of nitrogen functional groups attached to an aromatic ring is 1. The standard InChI is InChI=1S/C14H12N4O2/c1-7-11(8-4-2-3-5-10(8)17-7)13-16-6-9(14(19)20)12(15)18-13/h2-6,17H,1H3,(H,19,20)(H2,15,16,18). The lowest BCUT2D eigenvalue weighted by atomic mass is 10.1. The van der Waals surface area contributed by atoms with E-state index in [-0.39, 0.29) is 11.4 Å². The van der Waals surface area contributed by atoms with Crippen LogP contribution in [-0.4, -0.2) is 26.0 Å². The molecule has 0 aliphatic carbocycles. The Labute approximate surface area is 114 Å². The van der Waals surface area contributed by atoms with Gasteiger partial charge < -0.3 is 15.8 Å². The molecule has 0 amide bonds. The van der Waals surface area contributed by atoms with E-state index in [1.807, 2.05) is 31.2 Å². The van der Waals surface area contributed by atoms with Crippen molar-refractivity contribution in [3.05, 3.63) is 41.7 Å². The highest BCUT2D eigenvalue weighted by Gasteiger charge is 2.16. The zero-order valence-electron chi connectivity index (χ0n) is 10.7. The van der Waals surface area contributed by atoms with Crippen LogP contribution in [0.1, 0.15) is 16.1 Å². The third-order valence-corrected chi connectivity index (χ3v) is 3.17. The fraction of sp³-hybridized carbons (Fsp3) is 0.0714. The number of benzene rings is 1. The van der Waals surface area contributed by atoms with E-state index in [2.05, 4.69) is 15.0 Å². The summed E-state index contributed by atoms with van der Waals surface area (Å²) in [7, 11) is 0. The Morgan fingerprint density at radius 2 is 2.10 bits per heavy atom. The molecule has 0 fully saturated rings. The molecule has 0 aliphatic rings. The second-order valence-electron chi connectivity index (χ2n) is 4.47. The van der Waals surface area contributed by atoms with Crippen molar-refractivity contribution in [3.63, 3.8) is 0 Å². The van der Waals surface area contributed by atoms with Gasteiger partial charge in [-0.3, -0.25) is 0 Å². The van der Waals surface area contributed by atoms with Gasteiger partial charge in [0.1, 0.15) is 11.4 Å². The number of nitrogens with one attached hydrogen (secondary N) is 1. The first kappa shape index (κ1) is 12.2. The largest absolute Gasteiger partial charge is 0.477 e. The van der Waals surface area contributed by atoms with E-state index >= 15 is 0 Å². The number of hydrogen-bond acceptors (Lipinski definition) is 4. The van der Waals surface area contributed by atoms with Crippen molar-refractivity contribution in [1.29, 1.82) is 0 Å². The Bertz CT molecular complexity index is 823. The van der Waals surface area contributed by atoms with Crippen LogP contribution in [0, 0.1) is 6.92 Å². The van der Waals surface area contributed by atoms with Crippen LogP contribution in [0.5, 0.6) is 0 Å². The number of carboxylic acids is 1. The third-order valence-electron chi connectivity index (χ3n) is 3.17. The summed E-state index contributed by atoms with van der Waals surface area (Å²) >= 11 is 0. The molecule has 4 N–H and O–H groups in total. The maximum absolute atomic E-state index is 10.9. The van der Waals surface area contributed by atoms with Gasteiger partial charge in [-0.05, 0) is 13.0 Å². The van der Waals surface area contributed by atoms with Crippen LogP contribution in [0.25, 0.3) is 22.3 Å². The summed E-state index contributed by atoms with van der Waals surface area (Å²) < 4.78 is 0. The molecule has 0 atom stereocenters. The number of aromatic amines is 1. The summed E-state index contributed by atoms with van der Waals surface area (Å²) in [5, 5.41) is 9.93. The van der Waals surface area contributed by atoms with E-state index in [4.69, 9.17) is 10.8 Å². The van der Waals surface area contributed by atoms with Gasteiger partial charge in [0.25, 0.3) is 0 Å². The first-order valence-corrected chi connectivity index (χ1v) is 6.01. The molecule has 0 bridgehead atoms. The van der Waals surface area contributed by atoms with E-state index in [0.29, 0.717) is 5.82 Å². The normalized spacial score (nSPS) is 10.8. The topological polar surface area (TPSA) is 105 Å². The average Bonchev–Trinajstić information content (AvgIpc) is 2.73. The van der Waals surface area contributed by atoms with E-state index in [1.54, 1.807) is 0 Å². The molecule has 20 heavy (non-hydrogen) atoms. The molecule has 0 spiro atoms. The Hall–Kier alpha value is -2.89. The zero-order valence-corrected chi connectivity index (χ0v) is 10.7. The summed E-state index contributed by atoms with van der Waals surface area (Å²) in [6, 6.07) is 7.78. The summed E-state index contributed by atoms with van der Waals surface area (Å²) in [5.74, 6) is -0.751. The molecule has 2 heterocycles. The van der Waals surface area contributed by atoms with Crippen LogP contribution in [-0.2, 0) is 0 Å². The minimum Gasteiger partial charge on any atom is -0.477 e. The molecule has 6 heteroatoms. The number of anilines is 1. The summed E-state index contributed by atoms with van der Waals surface area (Å²) in [6.45, 7) is 1.92. The van der Waals surface area contributed by atoms with E-state index < -0.39 is 5.97 Å². The zero-order chi connectivity index (χ0) is 14.3. The Balaban J connectivity index is 2.23.